The molecule has 0 unspecified atom stereocenters. The number of thiophene rings is 1. The largest absolute Gasteiger partial charge is 0.507 e. The minimum absolute atomic E-state index is 0.0812. The molecule has 0 radical (unpaired) electrons. The number of imide groups is 1. The number of benzene rings is 1. The molecule has 1 saturated heterocycles. The molecule has 0 bridgehead atoms. The quantitative estimate of drug-likeness (QED) is 0.434. The summed E-state index contributed by atoms with van der Waals surface area (Å²) in [5, 5.41) is 27.0. The molecule has 1 aromatic carbocycles. The number of sulfonamides is 1. The van der Waals surface area contributed by atoms with E-state index in [4.69, 9.17) is 5.11 Å². The Morgan fingerprint density at radius 2 is 1.89 bits per heavy atom. The number of hydrogen-bond acceptors (Lipinski definition) is 8. The topological polar surface area (TPSA) is 173 Å². The Labute approximate surface area is 211 Å². The molecular weight excluding hydrogens is 512 g/mol. The third kappa shape index (κ3) is 5.76. The first-order chi connectivity index (χ1) is 16.6. The fraction of sp³-hybridized carbons (Fsp3) is 0.364. The highest BCUT2D eigenvalue weighted by Crippen LogP contribution is 2.38. The van der Waals surface area contributed by atoms with E-state index in [2.05, 4.69) is 10.6 Å². The zero-order valence-electron chi connectivity index (χ0n) is 20.0. The predicted molar refractivity (Wildman–Crippen MR) is 133 cm³/mol. The highest BCUT2D eigenvalue weighted by atomic mass is 32.2. The smallest absolute Gasteiger partial charge is 0.421 e. The summed E-state index contributed by atoms with van der Waals surface area (Å²) in [6.45, 7) is 5.15. The zero-order chi connectivity index (χ0) is 27.0. The van der Waals surface area contributed by atoms with Crippen molar-refractivity contribution in [2.24, 2.45) is 0 Å². The Bertz CT molecular complexity index is 1330. The second kappa shape index (κ2) is 9.78. The van der Waals surface area contributed by atoms with Gasteiger partial charge in [0.1, 0.15) is 5.75 Å². The summed E-state index contributed by atoms with van der Waals surface area (Å²) in [5.74, 6) is -1.51. The number of urea groups is 1. The highest BCUT2D eigenvalue weighted by molar-refractivity contribution is 7.88. The lowest BCUT2D eigenvalue weighted by atomic mass is 9.84. The molecule has 12 nitrogen and oxygen atoms in total. The van der Waals surface area contributed by atoms with E-state index in [1.54, 1.807) is 20.8 Å². The van der Waals surface area contributed by atoms with Gasteiger partial charge in [-0.1, -0.05) is 20.8 Å². The first kappa shape index (κ1) is 26.9. The van der Waals surface area contributed by atoms with E-state index in [0.29, 0.717) is 11.1 Å². The summed E-state index contributed by atoms with van der Waals surface area (Å²) in [4.78, 5) is 50.2. The van der Waals surface area contributed by atoms with Gasteiger partial charge in [0.2, 0.25) is 15.9 Å². The number of phenols is 1. The van der Waals surface area contributed by atoms with E-state index < -0.39 is 45.9 Å². The number of amides is 5. The minimum atomic E-state index is -4.01. The van der Waals surface area contributed by atoms with Gasteiger partial charge in [-0.25, -0.2) is 27.2 Å². The van der Waals surface area contributed by atoms with E-state index in [9.17, 15) is 32.7 Å². The van der Waals surface area contributed by atoms with Gasteiger partial charge in [-0.2, -0.15) is 0 Å². The van der Waals surface area contributed by atoms with Crippen LogP contribution < -0.4 is 15.5 Å². The maximum Gasteiger partial charge on any atom is 0.421 e. The second-order valence-corrected chi connectivity index (χ2v) is 12.0. The van der Waals surface area contributed by atoms with Crippen LogP contribution in [0.3, 0.4) is 0 Å². The minimum Gasteiger partial charge on any atom is -0.507 e. The Morgan fingerprint density at radius 1 is 1.22 bits per heavy atom. The molecule has 1 fully saturated rings. The van der Waals surface area contributed by atoms with Gasteiger partial charge in [0.15, 0.2) is 0 Å². The summed E-state index contributed by atoms with van der Waals surface area (Å²) in [5.41, 5.74) is -0.0310. The van der Waals surface area contributed by atoms with Crippen LogP contribution in [0.25, 0.3) is 0 Å². The third-order valence-corrected chi connectivity index (χ3v) is 7.28. The number of hydrogen-bond donors (Lipinski definition) is 4. The Kier molecular flexibility index (Phi) is 7.32. The van der Waals surface area contributed by atoms with Crippen molar-refractivity contribution in [1.82, 2.24) is 9.62 Å². The van der Waals surface area contributed by atoms with Crippen molar-refractivity contribution >= 4 is 56.0 Å². The number of anilines is 2. The summed E-state index contributed by atoms with van der Waals surface area (Å²) in [6.07, 6.45) is -0.786. The van der Waals surface area contributed by atoms with Crippen LogP contribution in [0.2, 0.25) is 0 Å². The van der Waals surface area contributed by atoms with Crippen LogP contribution >= 0.6 is 11.3 Å². The molecular formula is C22H26N4O8S2. The van der Waals surface area contributed by atoms with Gasteiger partial charge in [0, 0.05) is 18.5 Å². The van der Waals surface area contributed by atoms with E-state index in [-0.39, 0.29) is 39.3 Å². The van der Waals surface area contributed by atoms with Gasteiger partial charge in [0.25, 0.3) is 5.91 Å². The van der Waals surface area contributed by atoms with Crippen molar-refractivity contribution in [3.8, 4) is 5.75 Å². The molecule has 0 spiro atoms. The van der Waals surface area contributed by atoms with Crippen LogP contribution in [0.15, 0.2) is 23.6 Å². The van der Waals surface area contributed by atoms with Crippen LogP contribution in [0.1, 0.15) is 48.7 Å². The van der Waals surface area contributed by atoms with Crippen LogP contribution in [0.5, 0.6) is 5.75 Å². The van der Waals surface area contributed by atoms with Gasteiger partial charge < -0.3 is 20.8 Å². The summed E-state index contributed by atoms with van der Waals surface area (Å²) < 4.78 is 23.7. The molecule has 0 saturated carbocycles. The van der Waals surface area contributed by atoms with E-state index in [1.165, 1.54) is 23.6 Å². The number of carbonyl (C=O) groups is 4. The van der Waals surface area contributed by atoms with E-state index in [0.717, 1.165) is 22.5 Å². The first-order valence-corrected chi connectivity index (χ1v) is 13.4. The Morgan fingerprint density at radius 3 is 2.44 bits per heavy atom. The van der Waals surface area contributed by atoms with Gasteiger partial charge >= 0.3 is 12.1 Å². The lowest BCUT2D eigenvalue weighted by Crippen LogP contribution is -2.50. The molecule has 14 heteroatoms. The molecule has 2 heterocycles. The lowest BCUT2D eigenvalue weighted by Gasteiger charge is -2.29. The van der Waals surface area contributed by atoms with Crippen molar-refractivity contribution in [3.05, 3.63) is 40.3 Å². The monoisotopic (exact) mass is 538 g/mol. The molecule has 2 aromatic rings. The van der Waals surface area contributed by atoms with E-state index >= 15 is 0 Å². The molecule has 3 rings (SSSR count). The number of carboxylic acid groups (broad SMARTS) is 1. The van der Waals surface area contributed by atoms with Crippen LogP contribution in [0.4, 0.5) is 20.3 Å². The van der Waals surface area contributed by atoms with Crippen molar-refractivity contribution < 1.29 is 37.8 Å². The number of phenolic OH excluding ortho intramolecular Hbond substituents is 1. The standard InChI is InChI=1S/C22H26N4O8S2/c1-22(2,3)15-9-13(26-17(27)5-6-23-20(26)30)8-14(18(15)28)19(29)24-16-7-12(11-35-16)10-25(21(31)32)36(4,33)34/h7-9,11,28H,5-6,10H2,1-4H3,(H,23,30)(H,24,29)(H,31,32). The molecule has 4 N–H and O–H groups in total. The molecule has 194 valence electrons. The Hall–Kier alpha value is -3.65. The van der Waals surface area contributed by atoms with Gasteiger partial charge in [0.05, 0.1) is 29.1 Å². The van der Waals surface area contributed by atoms with Crippen molar-refractivity contribution in [2.45, 2.75) is 39.2 Å². The second-order valence-electron chi connectivity index (χ2n) is 9.18. The molecule has 5 amide bonds. The molecule has 1 aliphatic rings. The number of nitrogens with one attached hydrogen (secondary N) is 2. The maximum absolute atomic E-state index is 13.1. The molecule has 1 aliphatic heterocycles. The lowest BCUT2D eigenvalue weighted by molar-refractivity contribution is -0.118. The maximum atomic E-state index is 13.1. The fourth-order valence-electron chi connectivity index (χ4n) is 3.53. The molecule has 36 heavy (non-hydrogen) atoms. The fourth-order valence-corrected chi connectivity index (χ4v) is 4.99. The summed E-state index contributed by atoms with van der Waals surface area (Å²) >= 11 is 1.03. The normalized spacial score (nSPS) is 14.4. The van der Waals surface area contributed by atoms with Crippen molar-refractivity contribution in [2.75, 3.05) is 23.0 Å². The highest BCUT2D eigenvalue weighted by Gasteiger charge is 2.32. The number of aromatic hydroxyl groups is 1. The number of nitrogens with zero attached hydrogens (tertiary/aromatic N) is 2. The summed E-state index contributed by atoms with van der Waals surface area (Å²) in [6, 6.07) is 3.51. The van der Waals surface area contributed by atoms with Crippen LogP contribution in [-0.2, 0) is 26.8 Å². The molecule has 0 aliphatic carbocycles. The molecule has 1 aromatic heterocycles. The van der Waals surface area contributed by atoms with Crippen molar-refractivity contribution in [1.29, 1.82) is 0 Å². The Balaban J connectivity index is 1.95. The van der Waals surface area contributed by atoms with Gasteiger partial charge in [-0.15, -0.1) is 11.3 Å². The average molecular weight is 539 g/mol. The summed E-state index contributed by atoms with van der Waals surface area (Å²) in [7, 11) is -4.01. The predicted octanol–water partition coefficient (Wildman–Crippen LogP) is 2.89. The van der Waals surface area contributed by atoms with E-state index in [1.807, 2.05) is 0 Å². The SMILES string of the molecule is CC(C)(C)c1cc(N2C(=O)CCNC2=O)cc(C(=O)Nc2cc(CN(C(=O)O)S(C)(=O)=O)cs2)c1O. The average Bonchev–Trinajstić information content (AvgIpc) is 3.17. The first-order valence-electron chi connectivity index (χ1n) is 10.7. The number of carbonyl (C=O) groups excluding carboxylic acids is 3. The van der Waals surface area contributed by atoms with Crippen LogP contribution in [0, 0.1) is 0 Å². The van der Waals surface area contributed by atoms with Crippen LogP contribution in [-0.4, -0.2) is 59.7 Å². The van der Waals surface area contributed by atoms with Gasteiger partial charge in [-0.3, -0.25) is 9.59 Å². The molecule has 0 atom stereocenters. The zero-order valence-corrected chi connectivity index (χ0v) is 21.6. The number of rotatable bonds is 6. The third-order valence-electron chi connectivity index (χ3n) is 5.30. The van der Waals surface area contributed by atoms with Gasteiger partial charge in [-0.05, 0) is 34.6 Å². The van der Waals surface area contributed by atoms with Crippen molar-refractivity contribution in [3.63, 3.8) is 0 Å².